The monoisotopic (exact) mass is 402 g/mol. The summed E-state index contributed by atoms with van der Waals surface area (Å²) in [6.45, 7) is 3.36. The zero-order valence-corrected chi connectivity index (χ0v) is 16.5. The van der Waals surface area contributed by atoms with E-state index in [1.807, 2.05) is 6.07 Å². The molecule has 9 heteroatoms. The number of nitro groups is 1. The lowest BCUT2D eigenvalue weighted by molar-refractivity contribution is -0.384. The van der Waals surface area contributed by atoms with Gasteiger partial charge in [0.05, 0.1) is 4.92 Å². The number of halogens is 1. The molecule has 2 aromatic rings. The molecule has 0 amide bonds. The maximum absolute atomic E-state index is 13.7. The van der Waals surface area contributed by atoms with Gasteiger partial charge in [-0.3, -0.25) is 10.1 Å². The Labute approximate surface area is 169 Å². The summed E-state index contributed by atoms with van der Waals surface area (Å²) in [5.41, 5.74) is 6.89. The van der Waals surface area contributed by atoms with Crippen LogP contribution in [-0.2, 0) is 6.54 Å². The molecule has 1 heterocycles. The van der Waals surface area contributed by atoms with Crippen LogP contribution in [0.5, 0.6) is 0 Å². The number of rotatable bonds is 8. The number of hydrogen-bond acceptors (Lipinski definition) is 7. The largest absolute Gasteiger partial charge is 0.364 e. The van der Waals surface area contributed by atoms with Crippen molar-refractivity contribution < 1.29 is 9.31 Å². The Balaban J connectivity index is 1.64. The molecule has 0 bridgehead atoms. The van der Waals surface area contributed by atoms with E-state index in [9.17, 15) is 14.5 Å². The van der Waals surface area contributed by atoms with E-state index in [4.69, 9.17) is 5.73 Å². The molecular formula is C20H27FN6O2. The summed E-state index contributed by atoms with van der Waals surface area (Å²) in [7, 11) is 0. The third-order valence-electron chi connectivity index (χ3n) is 5.51. The van der Waals surface area contributed by atoms with Crippen molar-refractivity contribution >= 4 is 17.5 Å². The fourth-order valence-electron chi connectivity index (χ4n) is 3.56. The quantitative estimate of drug-likeness (QED) is 0.456. The Kier molecular flexibility index (Phi) is 6.92. The molecule has 0 spiro atoms. The van der Waals surface area contributed by atoms with Crippen LogP contribution in [-0.4, -0.2) is 28.0 Å². The van der Waals surface area contributed by atoms with Crippen LogP contribution < -0.4 is 16.4 Å². The van der Waals surface area contributed by atoms with Gasteiger partial charge >= 0.3 is 5.69 Å². The van der Waals surface area contributed by atoms with Crippen LogP contribution in [0, 0.1) is 34.7 Å². The van der Waals surface area contributed by atoms with Gasteiger partial charge in [-0.15, -0.1) is 0 Å². The molecule has 1 saturated carbocycles. The molecule has 1 fully saturated rings. The molecule has 0 saturated heterocycles. The van der Waals surface area contributed by atoms with E-state index < -0.39 is 4.92 Å². The van der Waals surface area contributed by atoms with Crippen LogP contribution in [0.25, 0.3) is 0 Å². The minimum Gasteiger partial charge on any atom is -0.364 e. The summed E-state index contributed by atoms with van der Waals surface area (Å²) in [5.74, 6) is 1.21. The summed E-state index contributed by atoms with van der Waals surface area (Å²) in [4.78, 5) is 19.1. The van der Waals surface area contributed by atoms with Crippen molar-refractivity contribution in [2.75, 3.05) is 23.7 Å². The van der Waals surface area contributed by atoms with Gasteiger partial charge in [0.15, 0.2) is 0 Å². The highest BCUT2D eigenvalue weighted by Gasteiger charge is 2.22. The SMILES string of the molecule is Cc1ccc(CNc2ncc([N+](=O)[O-])c(NCC3CCC(CN)CC3)n2)cc1F. The Hall–Kier alpha value is -2.81. The van der Waals surface area contributed by atoms with Crippen molar-refractivity contribution in [3.05, 3.63) is 51.5 Å². The predicted molar refractivity (Wildman–Crippen MR) is 110 cm³/mol. The molecule has 156 valence electrons. The van der Waals surface area contributed by atoms with Crippen LogP contribution in [0.1, 0.15) is 36.8 Å². The molecule has 1 aliphatic carbocycles. The third kappa shape index (κ3) is 5.60. The number of nitrogens with one attached hydrogen (secondary N) is 2. The summed E-state index contributed by atoms with van der Waals surface area (Å²) in [5, 5.41) is 17.5. The van der Waals surface area contributed by atoms with Gasteiger partial charge in [-0.05, 0) is 68.2 Å². The zero-order valence-electron chi connectivity index (χ0n) is 16.5. The standard InChI is InChI=1S/C20H27FN6O2/c1-13-2-3-16(8-17(13)21)11-24-20-25-12-18(27(28)29)19(26-20)23-10-15-6-4-14(9-22)5-7-15/h2-3,8,12,14-15H,4-7,9-11,22H2,1H3,(H2,23,24,25,26). The van der Waals surface area contributed by atoms with Crippen LogP contribution in [0.4, 0.5) is 21.8 Å². The number of aromatic nitrogens is 2. The van der Waals surface area contributed by atoms with Gasteiger partial charge in [0.1, 0.15) is 12.0 Å². The van der Waals surface area contributed by atoms with Gasteiger partial charge < -0.3 is 16.4 Å². The number of hydrogen-bond donors (Lipinski definition) is 3. The summed E-state index contributed by atoms with van der Waals surface area (Å²) in [6, 6.07) is 4.97. The van der Waals surface area contributed by atoms with Crippen molar-refractivity contribution in [1.82, 2.24) is 9.97 Å². The molecule has 29 heavy (non-hydrogen) atoms. The Morgan fingerprint density at radius 3 is 2.62 bits per heavy atom. The fraction of sp³-hybridized carbons (Fsp3) is 0.500. The van der Waals surface area contributed by atoms with E-state index in [1.165, 1.54) is 12.3 Å². The maximum Gasteiger partial charge on any atom is 0.329 e. The number of aryl methyl sites for hydroxylation is 1. The molecule has 1 aromatic heterocycles. The number of benzene rings is 1. The molecule has 3 rings (SSSR count). The number of nitrogens with two attached hydrogens (primary N) is 1. The van der Waals surface area contributed by atoms with Crippen LogP contribution in [0.2, 0.25) is 0 Å². The molecule has 1 aliphatic rings. The second-order valence-electron chi connectivity index (χ2n) is 7.63. The topological polar surface area (TPSA) is 119 Å². The molecule has 0 unspecified atom stereocenters. The van der Waals surface area contributed by atoms with Crippen molar-refractivity contribution in [2.45, 2.75) is 39.2 Å². The van der Waals surface area contributed by atoms with E-state index in [0.29, 0.717) is 30.5 Å². The molecule has 4 N–H and O–H groups in total. The lowest BCUT2D eigenvalue weighted by Gasteiger charge is -2.27. The molecule has 8 nitrogen and oxygen atoms in total. The highest BCUT2D eigenvalue weighted by molar-refractivity contribution is 5.57. The second kappa shape index (κ2) is 9.60. The zero-order chi connectivity index (χ0) is 20.8. The summed E-state index contributed by atoms with van der Waals surface area (Å²) in [6.07, 6.45) is 5.48. The van der Waals surface area contributed by atoms with Crippen LogP contribution >= 0.6 is 0 Å². The van der Waals surface area contributed by atoms with Gasteiger partial charge in [0.25, 0.3) is 0 Å². The van der Waals surface area contributed by atoms with Crippen LogP contribution in [0.15, 0.2) is 24.4 Å². The minimum absolute atomic E-state index is 0.160. The lowest BCUT2D eigenvalue weighted by atomic mass is 9.82. The van der Waals surface area contributed by atoms with E-state index in [2.05, 4.69) is 20.6 Å². The van der Waals surface area contributed by atoms with E-state index in [0.717, 1.165) is 37.8 Å². The van der Waals surface area contributed by atoms with Gasteiger partial charge in [-0.1, -0.05) is 12.1 Å². The smallest absolute Gasteiger partial charge is 0.329 e. The highest BCUT2D eigenvalue weighted by Crippen LogP contribution is 2.29. The average Bonchev–Trinajstić information content (AvgIpc) is 2.73. The normalized spacial score (nSPS) is 19.0. The lowest BCUT2D eigenvalue weighted by Crippen LogP contribution is -2.25. The number of nitrogens with zero attached hydrogens (tertiary/aromatic N) is 3. The first-order valence-electron chi connectivity index (χ1n) is 9.90. The average molecular weight is 402 g/mol. The Morgan fingerprint density at radius 2 is 1.97 bits per heavy atom. The Morgan fingerprint density at radius 1 is 1.24 bits per heavy atom. The maximum atomic E-state index is 13.7. The Bertz CT molecular complexity index is 855. The molecule has 0 aliphatic heterocycles. The van der Waals surface area contributed by atoms with Gasteiger partial charge in [0.2, 0.25) is 11.8 Å². The van der Waals surface area contributed by atoms with Gasteiger partial charge in [-0.2, -0.15) is 4.98 Å². The molecule has 0 radical (unpaired) electrons. The minimum atomic E-state index is -0.493. The van der Waals surface area contributed by atoms with Crippen LogP contribution in [0.3, 0.4) is 0 Å². The van der Waals surface area contributed by atoms with Crippen molar-refractivity contribution in [1.29, 1.82) is 0 Å². The van der Waals surface area contributed by atoms with Crippen molar-refractivity contribution in [3.63, 3.8) is 0 Å². The first-order valence-corrected chi connectivity index (χ1v) is 9.90. The first kappa shape index (κ1) is 20.9. The van der Waals surface area contributed by atoms with E-state index in [1.54, 1.807) is 13.0 Å². The molecule has 1 aromatic carbocycles. The third-order valence-corrected chi connectivity index (χ3v) is 5.51. The molecule has 0 atom stereocenters. The van der Waals surface area contributed by atoms with Crippen molar-refractivity contribution in [2.24, 2.45) is 17.6 Å². The number of anilines is 2. The predicted octanol–water partition coefficient (Wildman–Crippen LogP) is 3.62. The summed E-state index contributed by atoms with van der Waals surface area (Å²) < 4.78 is 13.7. The van der Waals surface area contributed by atoms with Gasteiger partial charge in [-0.25, -0.2) is 9.37 Å². The highest BCUT2D eigenvalue weighted by atomic mass is 19.1. The van der Waals surface area contributed by atoms with E-state index >= 15 is 0 Å². The van der Waals surface area contributed by atoms with Gasteiger partial charge in [0, 0.05) is 13.1 Å². The summed E-state index contributed by atoms with van der Waals surface area (Å²) >= 11 is 0. The second-order valence-corrected chi connectivity index (χ2v) is 7.63. The first-order chi connectivity index (χ1) is 14.0. The van der Waals surface area contributed by atoms with E-state index in [-0.39, 0.29) is 23.3 Å². The fourth-order valence-corrected chi connectivity index (χ4v) is 3.56. The van der Waals surface area contributed by atoms with Crippen molar-refractivity contribution in [3.8, 4) is 0 Å². The molecular weight excluding hydrogens is 375 g/mol.